The Bertz CT molecular complexity index is 875. The summed E-state index contributed by atoms with van der Waals surface area (Å²) in [7, 11) is 1.85. The molecule has 0 aliphatic heterocycles. The van der Waals surface area contributed by atoms with Crippen molar-refractivity contribution in [3.05, 3.63) is 83.4 Å². The van der Waals surface area contributed by atoms with Crippen LogP contribution in [0.3, 0.4) is 0 Å². The van der Waals surface area contributed by atoms with Crippen LogP contribution in [0, 0.1) is 6.92 Å². The van der Waals surface area contributed by atoms with E-state index < -0.39 is 0 Å². The Morgan fingerprint density at radius 3 is 2.62 bits per heavy atom. The molecule has 3 aromatic rings. The highest BCUT2D eigenvalue weighted by Crippen LogP contribution is 2.21. The number of benzene rings is 1. The van der Waals surface area contributed by atoms with E-state index in [1.165, 1.54) is 0 Å². The fraction of sp³-hybridized carbons (Fsp3) is 0.250. The van der Waals surface area contributed by atoms with Gasteiger partial charge in [0.15, 0.2) is 0 Å². The van der Waals surface area contributed by atoms with Crippen LogP contribution in [0.5, 0.6) is 0 Å². The van der Waals surface area contributed by atoms with Gasteiger partial charge in [0.05, 0.1) is 24.0 Å². The largest absolute Gasteiger partial charge is 0.332 e. The Balaban J connectivity index is 1.78. The van der Waals surface area contributed by atoms with E-state index in [9.17, 15) is 4.79 Å². The summed E-state index contributed by atoms with van der Waals surface area (Å²) in [6, 6.07) is 13.0. The number of carbonyl (C=O) groups is 1. The molecule has 6 heteroatoms. The summed E-state index contributed by atoms with van der Waals surface area (Å²) in [4.78, 5) is 17.0. The van der Waals surface area contributed by atoms with Crippen molar-refractivity contribution in [2.45, 2.75) is 25.9 Å². The molecule has 2 atom stereocenters. The van der Waals surface area contributed by atoms with Gasteiger partial charge in [0, 0.05) is 25.0 Å². The minimum absolute atomic E-state index is 0.148. The molecule has 0 saturated heterocycles. The van der Waals surface area contributed by atoms with E-state index in [2.05, 4.69) is 26.8 Å². The van der Waals surface area contributed by atoms with Gasteiger partial charge in [-0.3, -0.25) is 9.67 Å². The lowest BCUT2D eigenvalue weighted by Crippen LogP contribution is -2.39. The molecule has 134 valence electrons. The van der Waals surface area contributed by atoms with Crippen LogP contribution in [-0.2, 0) is 7.05 Å². The smallest absolute Gasteiger partial charge is 0.316 e. The lowest BCUT2D eigenvalue weighted by Gasteiger charge is -2.21. The fourth-order valence-electron chi connectivity index (χ4n) is 2.84. The third-order valence-electron chi connectivity index (χ3n) is 4.21. The number of nitrogens with one attached hydrogen (secondary N) is 2. The van der Waals surface area contributed by atoms with E-state index in [1.807, 2.05) is 63.5 Å². The second-order valence-electron chi connectivity index (χ2n) is 6.39. The Hall–Kier alpha value is -3.15. The zero-order valence-electron chi connectivity index (χ0n) is 15.2. The van der Waals surface area contributed by atoms with Gasteiger partial charge >= 0.3 is 6.03 Å². The number of hydrogen-bond donors (Lipinski definition) is 2. The molecule has 0 unspecified atom stereocenters. The van der Waals surface area contributed by atoms with Crippen molar-refractivity contribution in [2.75, 3.05) is 0 Å². The van der Waals surface area contributed by atoms with Crippen LogP contribution in [-0.4, -0.2) is 20.8 Å². The number of amides is 2. The van der Waals surface area contributed by atoms with Crippen LogP contribution in [0.2, 0.25) is 0 Å². The first-order chi connectivity index (χ1) is 12.5. The number of urea groups is 1. The third-order valence-corrected chi connectivity index (χ3v) is 4.21. The maximum absolute atomic E-state index is 12.6. The van der Waals surface area contributed by atoms with Gasteiger partial charge in [-0.25, -0.2) is 4.79 Å². The number of carbonyl (C=O) groups excluding carboxylic acids is 1. The summed E-state index contributed by atoms with van der Waals surface area (Å²) in [5, 5.41) is 10.2. The lowest BCUT2D eigenvalue weighted by atomic mass is 10.0. The quantitative estimate of drug-likeness (QED) is 0.742. The van der Waals surface area contributed by atoms with E-state index in [0.717, 1.165) is 22.4 Å². The average Bonchev–Trinajstić information content (AvgIpc) is 3.07. The van der Waals surface area contributed by atoms with Crippen molar-refractivity contribution in [1.29, 1.82) is 0 Å². The van der Waals surface area contributed by atoms with Gasteiger partial charge in [-0.15, -0.1) is 0 Å². The van der Waals surface area contributed by atoms with Gasteiger partial charge in [0.2, 0.25) is 0 Å². The van der Waals surface area contributed by atoms with Gasteiger partial charge in [-0.2, -0.15) is 5.10 Å². The third kappa shape index (κ3) is 4.27. The predicted molar refractivity (Wildman–Crippen MR) is 101 cm³/mol. The summed E-state index contributed by atoms with van der Waals surface area (Å²) in [6.07, 6.45) is 5.37. The van der Waals surface area contributed by atoms with Crippen LogP contribution in [0.1, 0.15) is 41.4 Å². The summed E-state index contributed by atoms with van der Waals surface area (Å²) >= 11 is 0. The molecule has 2 amide bonds. The molecule has 6 nitrogen and oxygen atoms in total. The normalized spacial score (nSPS) is 13.0. The lowest BCUT2D eigenvalue weighted by molar-refractivity contribution is 0.235. The van der Waals surface area contributed by atoms with Gasteiger partial charge in [0.1, 0.15) is 0 Å². The molecule has 3 rings (SSSR count). The van der Waals surface area contributed by atoms with Crippen LogP contribution < -0.4 is 10.6 Å². The molecule has 0 aliphatic carbocycles. The molecule has 2 aromatic heterocycles. The van der Waals surface area contributed by atoms with Crippen molar-refractivity contribution in [2.24, 2.45) is 7.05 Å². The second-order valence-corrected chi connectivity index (χ2v) is 6.39. The zero-order valence-corrected chi connectivity index (χ0v) is 15.2. The number of nitrogens with zero attached hydrogens (tertiary/aromatic N) is 3. The maximum atomic E-state index is 12.6. The van der Waals surface area contributed by atoms with Gasteiger partial charge in [-0.1, -0.05) is 35.9 Å². The Labute approximate surface area is 153 Å². The van der Waals surface area contributed by atoms with Crippen LogP contribution >= 0.6 is 0 Å². The van der Waals surface area contributed by atoms with Crippen molar-refractivity contribution in [3.63, 3.8) is 0 Å². The highest BCUT2D eigenvalue weighted by atomic mass is 16.2. The predicted octanol–water partition coefficient (Wildman–Crippen LogP) is 3.27. The fourth-order valence-corrected chi connectivity index (χ4v) is 2.84. The van der Waals surface area contributed by atoms with Crippen molar-refractivity contribution in [1.82, 2.24) is 25.4 Å². The molecule has 2 heterocycles. The molecular formula is C20H23N5O. The number of aromatic nitrogens is 3. The molecular weight excluding hydrogens is 326 g/mol. The molecule has 0 saturated carbocycles. The van der Waals surface area contributed by atoms with Gasteiger partial charge < -0.3 is 10.6 Å². The number of aryl methyl sites for hydroxylation is 2. The minimum Gasteiger partial charge on any atom is -0.332 e. The topological polar surface area (TPSA) is 71.8 Å². The van der Waals surface area contributed by atoms with E-state index in [1.54, 1.807) is 17.1 Å². The highest BCUT2D eigenvalue weighted by molar-refractivity contribution is 5.75. The number of hydrogen-bond acceptors (Lipinski definition) is 3. The standard InChI is InChI=1S/C20H23N5O/c1-14-7-6-8-16(11-14)19(18-9-4-5-10-21-18)24-20(26)23-15(2)17-12-22-25(3)13-17/h4-13,15,19H,1-3H3,(H2,23,24,26)/t15-,19-/m0/s1. The maximum Gasteiger partial charge on any atom is 0.316 e. The van der Waals surface area contributed by atoms with E-state index in [-0.39, 0.29) is 18.1 Å². The van der Waals surface area contributed by atoms with E-state index in [4.69, 9.17) is 0 Å². The van der Waals surface area contributed by atoms with Crippen LogP contribution in [0.4, 0.5) is 4.79 Å². The molecule has 0 fully saturated rings. The molecule has 0 radical (unpaired) electrons. The van der Waals surface area contributed by atoms with Gasteiger partial charge in [0.25, 0.3) is 0 Å². The number of pyridine rings is 1. The van der Waals surface area contributed by atoms with Gasteiger partial charge in [-0.05, 0) is 31.5 Å². The summed E-state index contributed by atoms with van der Waals surface area (Å²) in [5.74, 6) is 0. The van der Waals surface area contributed by atoms with Crippen molar-refractivity contribution < 1.29 is 4.79 Å². The van der Waals surface area contributed by atoms with E-state index >= 15 is 0 Å². The Kier molecular flexibility index (Phi) is 5.31. The average molecular weight is 349 g/mol. The van der Waals surface area contributed by atoms with Crippen molar-refractivity contribution in [3.8, 4) is 0 Å². The monoisotopic (exact) mass is 349 g/mol. The molecule has 2 N–H and O–H groups in total. The zero-order chi connectivity index (χ0) is 18.5. The Morgan fingerprint density at radius 1 is 1.12 bits per heavy atom. The molecule has 0 bridgehead atoms. The number of rotatable bonds is 5. The first-order valence-electron chi connectivity index (χ1n) is 8.56. The second kappa shape index (κ2) is 7.82. The van der Waals surface area contributed by atoms with E-state index in [0.29, 0.717) is 0 Å². The first kappa shape index (κ1) is 17.7. The SMILES string of the molecule is Cc1cccc([C@H](NC(=O)N[C@@H](C)c2cnn(C)c2)c2ccccn2)c1. The molecule has 26 heavy (non-hydrogen) atoms. The molecule has 0 spiro atoms. The molecule has 0 aliphatic rings. The summed E-state index contributed by atoms with van der Waals surface area (Å²) < 4.78 is 1.72. The van der Waals surface area contributed by atoms with Crippen LogP contribution in [0.15, 0.2) is 61.1 Å². The summed E-state index contributed by atoms with van der Waals surface area (Å²) in [6.45, 7) is 3.96. The summed E-state index contributed by atoms with van der Waals surface area (Å²) in [5.41, 5.74) is 3.87. The Morgan fingerprint density at radius 2 is 1.96 bits per heavy atom. The first-order valence-corrected chi connectivity index (χ1v) is 8.56. The minimum atomic E-state index is -0.322. The highest BCUT2D eigenvalue weighted by Gasteiger charge is 2.19. The van der Waals surface area contributed by atoms with Crippen molar-refractivity contribution >= 4 is 6.03 Å². The van der Waals surface area contributed by atoms with Crippen LogP contribution in [0.25, 0.3) is 0 Å². The molecule has 1 aromatic carbocycles.